The van der Waals surface area contributed by atoms with Crippen LogP contribution in [0.25, 0.3) is 21.5 Å². The summed E-state index contributed by atoms with van der Waals surface area (Å²) in [6.07, 6.45) is 0. The minimum absolute atomic E-state index is 0.440. The largest absolute Gasteiger partial charge is 0.192 e. The lowest BCUT2D eigenvalue weighted by Crippen LogP contribution is -1.79. The van der Waals surface area contributed by atoms with E-state index in [1.54, 1.807) is 0 Å². The molecule has 0 aliphatic carbocycles. The Morgan fingerprint density at radius 1 is 0.500 bits per heavy atom. The molecule has 3 rings (SSSR count). The Morgan fingerprint density at radius 2 is 0.750 bits per heavy atom. The predicted octanol–water partition coefficient (Wildman–Crippen LogP) is 4.37. The van der Waals surface area contributed by atoms with Gasteiger partial charge in [-0.15, -0.1) is 0 Å². The maximum atomic E-state index is 8.13. The summed E-state index contributed by atoms with van der Waals surface area (Å²) in [5.74, 6) is 0. The summed E-state index contributed by atoms with van der Waals surface area (Å²) >= 11 is 0. The SMILES string of the molecule is N#CC(C#N)=C(C#N)C#N.c1ccc2cc3ccccc3cc2c1. The highest BCUT2D eigenvalue weighted by molar-refractivity contribution is 5.98. The highest BCUT2D eigenvalue weighted by Gasteiger charge is 2.02. The molecular weight excluding hydrogens is 296 g/mol. The van der Waals surface area contributed by atoms with Crippen molar-refractivity contribution in [3.05, 3.63) is 71.8 Å². The van der Waals surface area contributed by atoms with Crippen molar-refractivity contribution in [1.29, 1.82) is 21.0 Å². The standard InChI is InChI=1S/C14H10.C6N4/c1-2-6-12-10-14-8-4-3-7-13(14)9-11(12)5-1;7-1-5(2-8)6(3-9)4-10/h1-10H;. The van der Waals surface area contributed by atoms with Gasteiger partial charge in [0.2, 0.25) is 0 Å². The van der Waals surface area contributed by atoms with E-state index in [4.69, 9.17) is 21.0 Å². The molecule has 3 aromatic rings. The van der Waals surface area contributed by atoms with Crippen LogP contribution in [0.4, 0.5) is 0 Å². The first-order chi connectivity index (χ1) is 11.7. The topological polar surface area (TPSA) is 95.2 Å². The average molecular weight is 306 g/mol. The second kappa shape index (κ2) is 7.77. The normalized spacial score (nSPS) is 8.67. The molecule has 0 N–H and O–H groups in total. The molecule has 110 valence electrons. The molecule has 4 nitrogen and oxygen atoms in total. The average Bonchev–Trinajstić information content (AvgIpc) is 2.64. The van der Waals surface area contributed by atoms with Crippen LogP contribution in [0.1, 0.15) is 0 Å². The van der Waals surface area contributed by atoms with Crippen molar-refractivity contribution in [2.45, 2.75) is 0 Å². The van der Waals surface area contributed by atoms with Crippen LogP contribution in [0.5, 0.6) is 0 Å². The molecule has 0 aromatic heterocycles. The van der Waals surface area contributed by atoms with Crippen molar-refractivity contribution >= 4 is 21.5 Å². The fraction of sp³-hybridized carbons (Fsp3) is 0. The first-order valence-electron chi connectivity index (χ1n) is 6.95. The van der Waals surface area contributed by atoms with Crippen molar-refractivity contribution in [2.75, 3.05) is 0 Å². The Morgan fingerprint density at radius 3 is 0.958 bits per heavy atom. The second-order valence-corrected chi connectivity index (χ2v) is 4.74. The summed E-state index contributed by atoms with van der Waals surface area (Å²) in [5, 5.41) is 37.7. The van der Waals surface area contributed by atoms with E-state index in [0.29, 0.717) is 0 Å². The zero-order chi connectivity index (χ0) is 17.4. The summed E-state index contributed by atoms with van der Waals surface area (Å²) in [6.45, 7) is 0. The molecule has 0 fully saturated rings. The smallest absolute Gasteiger partial charge is 0.158 e. The molecule has 3 aromatic carbocycles. The highest BCUT2D eigenvalue weighted by atomic mass is 14.3. The third kappa shape index (κ3) is 3.55. The lowest BCUT2D eigenvalue weighted by Gasteiger charge is -2.00. The van der Waals surface area contributed by atoms with E-state index < -0.39 is 11.1 Å². The number of benzene rings is 3. The first kappa shape index (κ1) is 16.3. The van der Waals surface area contributed by atoms with Gasteiger partial charge < -0.3 is 0 Å². The minimum Gasteiger partial charge on any atom is -0.192 e. The lowest BCUT2D eigenvalue weighted by atomic mass is 10.0. The highest BCUT2D eigenvalue weighted by Crippen LogP contribution is 2.21. The quantitative estimate of drug-likeness (QED) is 0.455. The van der Waals surface area contributed by atoms with E-state index >= 15 is 0 Å². The van der Waals surface area contributed by atoms with Crippen molar-refractivity contribution in [3.63, 3.8) is 0 Å². The van der Waals surface area contributed by atoms with Crippen LogP contribution < -0.4 is 0 Å². The molecule has 0 aliphatic rings. The van der Waals surface area contributed by atoms with Gasteiger partial charge in [0.25, 0.3) is 0 Å². The van der Waals surface area contributed by atoms with Gasteiger partial charge in [-0.05, 0) is 33.7 Å². The maximum Gasteiger partial charge on any atom is 0.158 e. The van der Waals surface area contributed by atoms with Crippen molar-refractivity contribution in [2.24, 2.45) is 0 Å². The minimum atomic E-state index is -0.440. The van der Waals surface area contributed by atoms with Gasteiger partial charge >= 0.3 is 0 Å². The fourth-order valence-electron chi connectivity index (χ4n) is 2.16. The van der Waals surface area contributed by atoms with Crippen molar-refractivity contribution in [3.8, 4) is 24.3 Å². The second-order valence-electron chi connectivity index (χ2n) is 4.74. The number of hydrogen-bond donors (Lipinski definition) is 0. The summed E-state index contributed by atoms with van der Waals surface area (Å²) < 4.78 is 0. The lowest BCUT2D eigenvalue weighted by molar-refractivity contribution is 1.41. The molecule has 0 unspecified atom stereocenters. The van der Waals surface area contributed by atoms with Gasteiger partial charge in [-0.3, -0.25) is 0 Å². The molecule has 0 radical (unpaired) electrons. The number of rotatable bonds is 0. The molecule has 0 amide bonds. The number of hydrogen-bond acceptors (Lipinski definition) is 4. The van der Waals surface area contributed by atoms with Gasteiger partial charge in [-0.1, -0.05) is 48.5 Å². The summed E-state index contributed by atoms with van der Waals surface area (Å²) in [6, 6.07) is 27.1. The van der Waals surface area contributed by atoms with Gasteiger partial charge in [0, 0.05) is 0 Å². The number of fused-ring (bicyclic) bond motifs is 2. The Hall–Kier alpha value is -4.12. The van der Waals surface area contributed by atoms with E-state index in [0.717, 1.165) is 0 Å². The molecule has 0 spiro atoms. The molecule has 0 saturated heterocycles. The molecular formula is C20H10N4. The third-order valence-corrected chi connectivity index (χ3v) is 3.31. The molecule has 24 heavy (non-hydrogen) atoms. The van der Waals surface area contributed by atoms with Crippen LogP contribution in [-0.2, 0) is 0 Å². The van der Waals surface area contributed by atoms with E-state index in [9.17, 15) is 0 Å². The zero-order valence-electron chi connectivity index (χ0n) is 12.6. The van der Waals surface area contributed by atoms with Gasteiger partial charge in [-0.25, -0.2) is 0 Å². The van der Waals surface area contributed by atoms with Crippen LogP contribution >= 0.6 is 0 Å². The van der Waals surface area contributed by atoms with Crippen molar-refractivity contribution in [1.82, 2.24) is 0 Å². The van der Waals surface area contributed by atoms with Gasteiger partial charge in [0.05, 0.1) is 0 Å². The molecule has 4 heteroatoms. The maximum absolute atomic E-state index is 8.13. The summed E-state index contributed by atoms with van der Waals surface area (Å²) in [7, 11) is 0. The van der Waals surface area contributed by atoms with Crippen LogP contribution in [-0.4, -0.2) is 0 Å². The monoisotopic (exact) mass is 306 g/mol. The van der Waals surface area contributed by atoms with Gasteiger partial charge in [0.15, 0.2) is 11.1 Å². The molecule has 0 heterocycles. The number of allylic oxidation sites excluding steroid dienone is 2. The zero-order valence-corrected chi connectivity index (χ0v) is 12.6. The van der Waals surface area contributed by atoms with E-state index in [-0.39, 0.29) is 0 Å². The van der Waals surface area contributed by atoms with Crippen LogP contribution in [0.2, 0.25) is 0 Å². The molecule has 0 saturated carbocycles. The Labute approximate surface area is 139 Å². The Bertz CT molecular complexity index is 926. The van der Waals surface area contributed by atoms with Crippen LogP contribution in [0, 0.1) is 45.3 Å². The Kier molecular flexibility index (Phi) is 5.26. The Balaban J connectivity index is 0.000000187. The molecule has 0 atom stereocenters. The fourth-order valence-corrected chi connectivity index (χ4v) is 2.16. The molecule has 0 bridgehead atoms. The van der Waals surface area contributed by atoms with E-state index in [2.05, 4.69) is 60.7 Å². The summed E-state index contributed by atoms with van der Waals surface area (Å²) in [5.41, 5.74) is -0.880. The number of nitriles is 4. The predicted molar refractivity (Wildman–Crippen MR) is 90.9 cm³/mol. The first-order valence-corrected chi connectivity index (χ1v) is 6.95. The van der Waals surface area contributed by atoms with Crippen LogP contribution in [0.15, 0.2) is 71.8 Å². The van der Waals surface area contributed by atoms with E-state index in [1.165, 1.54) is 45.8 Å². The van der Waals surface area contributed by atoms with Crippen LogP contribution in [0.3, 0.4) is 0 Å². The van der Waals surface area contributed by atoms with Gasteiger partial charge in [0.1, 0.15) is 24.3 Å². The third-order valence-electron chi connectivity index (χ3n) is 3.31. The summed E-state index contributed by atoms with van der Waals surface area (Å²) in [4.78, 5) is 0. The van der Waals surface area contributed by atoms with Crippen molar-refractivity contribution < 1.29 is 0 Å². The van der Waals surface area contributed by atoms with Gasteiger partial charge in [-0.2, -0.15) is 21.0 Å². The van der Waals surface area contributed by atoms with E-state index in [1.807, 2.05) is 0 Å². The number of nitrogens with zero attached hydrogens (tertiary/aromatic N) is 4. The molecule has 0 aliphatic heterocycles.